The second-order valence-corrected chi connectivity index (χ2v) is 7.74. The Bertz CT molecular complexity index is 684. The van der Waals surface area contributed by atoms with Gasteiger partial charge in [0.1, 0.15) is 0 Å². The van der Waals surface area contributed by atoms with Crippen LogP contribution in [0.3, 0.4) is 0 Å². The molecule has 4 nitrogen and oxygen atoms in total. The Labute approximate surface area is 157 Å². The molecule has 1 atom stereocenters. The molecular weight excluding hydrogens is 356 g/mol. The van der Waals surface area contributed by atoms with Gasteiger partial charge in [0.25, 0.3) is 0 Å². The fraction of sp³-hybridized carbons (Fsp3) is 0.421. The molecule has 1 fully saturated rings. The molecule has 0 aliphatic carbocycles. The fourth-order valence-corrected chi connectivity index (χ4v) is 4.26. The number of halogens is 1. The number of aliphatic hydroxyl groups excluding tert-OH is 1. The summed E-state index contributed by atoms with van der Waals surface area (Å²) in [7, 11) is 0. The summed E-state index contributed by atoms with van der Waals surface area (Å²) in [6, 6.07) is 11.6. The van der Waals surface area contributed by atoms with Gasteiger partial charge in [-0.3, -0.25) is 0 Å². The fourth-order valence-electron chi connectivity index (χ4n) is 3.23. The molecule has 0 radical (unpaired) electrons. The molecule has 134 valence electrons. The highest BCUT2D eigenvalue weighted by Gasteiger charge is 2.28. The van der Waals surface area contributed by atoms with Gasteiger partial charge in [-0.15, -0.1) is 11.3 Å². The number of benzene rings is 1. The SMILES string of the molecule is O=C(NCCc1ccccc1Cl)N1CCC([C@H](O)c2cccs2)CC1. The summed E-state index contributed by atoms with van der Waals surface area (Å²) < 4.78 is 0. The zero-order valence-corrected chi connectivity index (χ0v) is 15.6. The van der Waals surface area contributed by atoms with Gasteiger partial charge in [-0.25, -0.2) is 4.79 Å². The Morgan fingerprint density at radius 2 is 2.04 bits per heavy atom. The summed E-state index contributed by atoms with van der Waals surface area (Å²) in [6.45, 7) is 1.94. The lowest BCUT2D eigenvalue weighted by Gasteiger charge is -2.34. The molecule has 0 saturated carbocycles. The lowest BCUT2D eigenvalue weighted by molar-refractivity contribution is 0.0690. The van der Waals surface area contributed by atoms with E-state index in [9.17, 15) is 9.90 Å². The van der Waals surface area contributed by atoms with Crippen molar-refractivity contribution in [2.45, 2.75) is 25.4 Å². The normalized spacial score (nSPS) is 16.6. The zero-order chi connectivity index (χ0) is 17.6. The number of hydrogen-bond acceptors (Lipinski definition) is 3. The third-order valence-corrected chi connectivity index (χ3v) is 6.05. The van der Waals surface area contributed by atoms with Crippen molar-refractivity contribution in [3.63, 3.8) is 0 Å². The van der Waals surface area contributed by atoms with E-state index in [0.29, 0.717) is 19.6 Å². The minimum atomic E-state index is -0.412. The Kier molecular flexibility index (Phi) is 6.34. The maximum absolute atomic E-state index is 12.3. The van der Waals surface area contributed by atoms with Crippen LogP contribution < -0.4 is 5.32 Å². The van der Waals surface area contributed by atoms with Crippen molar-refractivity contribution in [3.05, 3.63) is 57.2 Å². The number of thiophene rings is 1. The van der Waals surface area contributed by atoms with Crippen LogP contribution in [-0.4, -0.2) is 35.7 Å². The summed E-state index contributed by atoms with van der Waals surface area (Å²) in [4.78, 5) is 15.2. The molecule has 0 spiro atoms. The number of carbonyl (C=O) groups excluding carboxylic acids is 1. The van der Waals surface area contributed by atoms with Crippen molar-refractivity contribution >= 4 is 29.0 Å². The first kappa shape index (κ1) is 18.2. The number of nitrogens with one attached hydrogen (secondary N) is 1. The molecule has 6 heteroatoms. The van der Waals surface area contributed by atoms with Crippen molar-refractivity contribution in [1.82, 2.24) is 10.2 Å². The van der Waals surface area contributed by atoms with Gasteiger partial charge in [0, 0.05) is 29.5 Å². The van der Waals surface area contributed by atoms with Crippen LogP contribution in [-0.2, 0) is 6.42 Å². The van der Waals surface area contributed by atoms with Gasteiger partial charge in [-0.2, -0.15) is 0 Å². The second kappa shape index (κ2) is 8.70. The van der Waals surface area contributed by atoms with Crippen molar-refractivity contribution in [2.24, 2.45) is 5.92 Å². The first-order valence-electron chi connectivity index (χ1n) is 8.63. The Hall–Kier alpha value is -1.56. The van der Waals surface area contributed by atoms with Crippen LogP contribution in [0, 0.1) is 5.92 Å². The highest BCUT2D eigenvalue weighted by atomic mass is 35.5. The zero-order valence-electron chi connectivity index (χ0n) is 14.0. The molecule has 0 unspecified atom stereocenters. The predicted octanol–water partition coefficient (Wildman–Crippen LogP) is 4.10. The average Bonchev–Trinajstić information content (AvgIpc) is 3.17. The van der Waals surface area contributed by atoms with Gasteiger partial charge in [0.05, 0.1) is 6.10 Å². The lowest BCUT2D eigenvalue weighted by atomic mass is 9.90. The molecule has 2 N–H and O–H groups in total. The van der Waals surface area contributed by atoms with E-state index in [4.69, 9.17) is 11.6 Å². The molecular formula is C19H23ClN2O2S. The van der Waals surface area contributed by atoms with Crippen molar-refractivity contribution < 1.29 is 9.90 Å². The summed E-state index contributed by atoms with van der Waals surface area (Å²) in [5.74, 6) is 0.228. The number of piperidine rings is 1. The summed E-state index contributed by atoms with van der Waals surface area (Å²) >= 11 is 7.72. The van der Waals surface area contributed by atoms with E-state index < -0.39 is 6.10 Å². The maximum atomic E-state index is 12.3. The molecule has 1 aromatic heterocycles. The first-order chi connectivity index (χ1) is 12.1. The monoisotopic (exact) mass is 378 g/mol. The summed E-state index contributed by atoms with van der Waals surface area (Å²) in [5, 5.41) is 16.1. The highest BCUT2D eigenvalue weighted by molar-refractivity contribution is 7.10. The van der Waals surface area contributed by atoms with E-state index in [1.807, 2.05) is 46.7 Å². The number of nitrogens with zero attached hydrogens (tertiary/aromatic N) is 1. The van der Waals surface area contributed by atoms with E-state index in [1.165, 1.54) is 0 Å². The number of urea groups is 1. The van der Waals surface area contributed by atoms with Crippen molar-refractivity contribution in [1.29, 1.82) is 0 Å². The van der Waals surface area contributed by atoms with Crippen molar-refractivity contribution in [3.8, 4) is 0 Å². The molecule has 2 aromatic rings. The molecule has 2 amide bonds. The number of aliphatic hydroxyl groups is 1. The van der Waals surface area contributed by atoms with Crippen LogP contribution in [0.2, 0.25) is 5.02 Å². The minimum absolute atomic E-state index is 0.0314. The van der Waals surface area contributed by atoms with E-state index in [2.05, 4.69) is 5.32 Å². The van der Waals surface area contributed by atoms with E-state index in [0.717, 1.165) is 34.7 Å². The Balaban J connectivity index is 1.42. The molecule has 0 bridgehead atoms. The molecule has 1 aliphatic rings. The number of rotatable bonds is 5. The predicted molar refractivity (Wildman–Crippen MR) is 102 cm³/mol. The van der Waals surface area contributed by atoms with Gasteiger partial charge < -0.3 is 15.3 Å². The van der Waals surface area contributed by atoms with E-state index >= 15 is 0 Å². The lowest BCUT2D eigenvalue weighted by Crippen LogP contribution is -2.45. The number of amides is 2. The summed E-state index contributed by atoms with van der Waals surface area (Å²) in [5.41, 5.74) is 1.04. The molecule has 1 aromatic carbocycles. The highest BCUT2D eigenvalue weighted by Crippen LogP contribution is 2.32. The van der Waals surface area contributed by atoms with Crippen LogP contribution >= 0.6 is 22.9 Å². The largest absolute Gasteiger partial charge is 0.387 e. The van der Waals surface area contributed by atoms with Crippen LogP contribution in [0.15, 0.2) is 41.8 Å². The topological polar surface area (TPSA) is 52.6 Å². The second-order valence-electron chi connectivity index (χ2n) is 6.36. The van der Waals surface area contributed by atoms with Gasteiger partial charge in [0.2, 0.25) is 0 Å². The van der Waals surface area contributed by atoms with Gasteiger partial charge in [-0.05, 0) is 48.3 Å². The average molecular weight is 379 g/mol. The van der Waals surface area contributed by atoms with E-state index in [-0.39, 0.29) is 11.9 Å². The quantitative estimate of drug-likeness (QED) is 0.822. The van der Waals surface area contributed by atoms with Gasteiger partial charge >= 0.3 is 6.03 Å². The van der Waals surface area contributed by atoms with Crippen molar-refractivity contribution in [2.75, 3.05) is 19.6 Å². The maximum Gasteiger partial charge on any atom is 0.317 e. The third-order valence-electron chi connectivity index (χ3n) is 4.74. The molecule has 1 saturated heterocycles. The van der Waals surface area contributed by atoms with E-state index in [1.54, 1.807) is 11.3 Å². The molecule has 1 aliphatic heterocycles. The molecule has 25 heavy (non-hydrogen) atoms. The minimum Gasteiger partial charge on any atom is -0.387 e. The smallest absolute Gasteiger partial charge is 0.317 e. The Morgan fingerprint density at radius 3 is 2.72 bits per heavy atom. The number of hydrogen-bond donors (Lipinski definition) is 2. The number of carbonyl (C=O) groups is 1. The van der Waals surface area contributed by atoms with Crippen LogP contribution in [0.4, 0.5) is 4.79 Å². The molecule has 2 heterocycles. The number of likely N-dealkylation sites (tertiary alicyclic amines) is 1. The van der Waals surface area contributed by atoms with Crippen LogP contribution in [0.5, 0.6) is 0 Å². The van der Waals surface area contributed by atoms with Gasteiger partial charge in [-0.1, -0.05) is 35.9 Å². The Morgan fingerprint density at radius 1 is 1.28 bits per heavy atom. The summed E-state index contributed by atoms with van der Waals surface area (Å²) in [6.07, 6.45) is 1.97. The standard InChI is InChI=1S/C19H23ClN2O2S/c20-16-5-2-1-4-14(16)7-10-21-19(24)22-11-8-15(9-12-22)18(23)17-6-3-13-25-17/h1-6,13,15,18,23H,7-12H2,(H,21,24)/t18-/m0/s1. The third kappa shape index (κ3) is 4.75. The van der Waals surface area contributed by atoms with Crippen LogP contribution in [0.25, 0.3) is 0 Å². The first-order valence-corrected chi connectivity index (χ1v) is 9.88. The van der Waals surface area contributed by atoms with Crippen LogP contribution in [0.1, 0.15) is 29.4 Å². The van der Waals surface area contributed by atoms with Gasteiger partial charge in [0.15, 0.2) is 0 Å². The molecule has 3 rings (SSSR count).